The molecule has 0 amide bonds. The van der Waals surface area contributed by atoms with E-state index in [9.17, 15) is 0 Å². The fourth-order valence-corrected chi connectivity index (χ4v) is 4.34. The van der Waals surface area contributed by atoms with Gasteiger partial charge in [0.05, 0.1) is 13.2 Å². The van der Waals surface area contributed by atoms with Crippen LogP contribution in [0.25, 0.3) is 20.4 Å². The molecule has 0 bridgehead atoms. The number of halogens is 3. The molecule has 0 spiro atoms. The van der Waals surface area contributed by atoms with E-state index in [0.29, 0.717) is 13.2 Å². The van der Waals surface area contributed by atoms with Crippen LogP contribution in [-0.4, -0.2) is 45.5 Å². The van der Waals surface area contributed by atoms with Crippen LogP contribution in [0, 0.1) is 6.92 Å². The predicted molar refractivity (Wildman–Crippen MR) is 142 cm³/mol. The van der Waals surface area contributed by atoms with Crippen molar-refractivity contribution in [2.45, 2.75) is 20.3 Å². The smallest absolute Gasteiger partial charge is 0.259 e. The predicted octanol–water partition coefficient (Wildman–Crippen LogP) is 2.94. The molecule has 0 saturated carbocycles. The second kappa shape index (κ2) is 14.4. The summed E-state index contributed by atoms with van der Waals surface area (Å²) < 4.78 is 13.0. The molecular formula is C21H29I3N2O2S. The molecule has 1 aromatic heterocycles. The third-order valence-corrected chi connectivity index (χ3v) is 5.73. The molecule has 0 atom stereocenters. The van der Waals surface area contributed by atoms with Gasteiger partial charge in [-0.3, -0.25) is 0 Å². The second-order valence-electron chi connectivity index (χ2n) is 6.41. The molecule has 0 aliphatic rings. The highest BCUT2D eigenvalue weighted by atomic mass is 127. The Bertz CT molecular complexity index is 904. The van der Waals surface area contributed by atoms with Gasteiger partial charge in [-0.05, 0) is 30.5 Å². The lowest BCUT2D eigenvalue weighted by atomic mass is 10.1. The summed E-state index contributed by atoms with van der Waals surface area (Å²) in [6.07, 6.45) is 1.00. The first-order valence-corrected chi connectivity index (χ1v) is 9.88. The van der Waals surface area contributed by atoms with Gasteiger partial charge in [-0.15, -0.1) is 48.0 Å². The Hall–Kier alpha value is 0.370. The van der Waals surface area contributed by atoms with Crippen LogP contribution in [0.5, 0.6) is 0 Å². The molecular weight excluding hydrogens is 725 g/mol. The van der Waals surface area contributed by atoms with Gasteiger partial charge >= 0.3 is 0 Å². The van der Waals surface area contributed by atoms with Crippen LogP contribution in [0.1, 0.15) is 18.1 Å². The minimum Gasteiger partial charge on any atom is -1.00 e. The molecule has 0 N–H and O–H groups in total. The Balaban J connectivity index is 0.00000261. The number of hydrogen-bond donors (Lipinski definition) is 0. The van der Waals surface area contributed by atoms with Gasteiger partial charge in [0.2, 0.25) is 11.3 Å². The van der Waals surface area contributed by atoms with Crippen molar-refractivity contribution in [1.29, 1.82) is 0 Å². The molecule has 2 aromatic carbocycles. The van der Waals surface area contributed by atoms with Crippen molar-refractivity contribution in [3.63, 3.8) is 0 Å². The lowest BCUT2D eigenvalue weighted by molar-refractivity contribution is -0.00000619. The lowest BCUT2D eigenvalue weighted by Gasteiger charge is -2.24. The average molecular weight is 754 g/mol. The van der Waals surface area contributed by atoms with E-state index in [2.05, 4.69) is 49.1 Å². The van der Waals surface area contributed by atoms with Crippen LogP contribution in [0.15, 0.2) is 30.3 Å². The van der Waals surface area contributed by atoms with Crippen molar-refractivity contribution < 1.29 is 33.5 Å². The molecule has 162 valence electrons. The van der Waals surface area contributed by atoms with Crippen molar-refractivity contribution in [1.82, 2.24) is 4.98 Å². The Morgan fingerprint density at radius 1 is 0.966 bits per heavy atom. The zero-order chi connectivity index (χ0) is 18.5. The first kappa shape index (κ1) is 29.4. The first-order valence-electron chi connectivity index (χ1n) is 9.06. The zero-order valence-corrected chi connectivity index (χ0v) is 24.9. The fraction of sp³-hybridized carbons (Fsp3) is 0.429. The minimum absolute atomic E-state index is 0. The number of benzene rings is 2. The van der Waals surface area contributed by atoms with Crippen LogP contribution in [0.4, 0.5) is 5.69 Å². The maximum absolute atomic E-state index is 5.28. The average Bonchev–Trinajstić information content (AvgIpc) is 2.66. The topological polar surface area (TPSA) is 34.6 Å². The van der Waals surface area contributed by atoms with Crippen LogP contribution in [0.2, 0.25) is 0 Å². The molecule has 0 aliphatic heterocycles. The molecule has 0 unspecified atom stereocenters. The molecule has 0 aliphatic carbocycles. The molecule has 0 saturated heterocycles. The molecule has 0 fully saturated rings. The monoisotopic (exact) mass is 754 g/mol. The van der Waals surface area contributed by atoms with E-state index in [1.54, 1.807) is 14.2 Å². The summed E-state index contributed by atoms with van der Waals surface area (Å²) in [5.41, 5.74) is 5.96. The van der Waals surface area contributed by atoms with Crippen molar-refractivity contribution in [3.05, 3.63) is 41.5 Å². The standard InChI is InChI=1S/C21H27N2O2S.3HI/c1-5-16-7-6-8-18-21(16)22-20-15(2)13-17(14-19(20)26-18)23(9-11-24-3)10-12-25-4;;;/h6-8,13-14H,5,9-12H2,1-4H3;3*1H/q+1;;;/p-1. The maximum Gasteiger partial charge on any atom is 0.259 e. The van der Waals surface area contributed by atoms with Crippen LogP contribution < -0.4 is 28.9 Å². The van der Waals surface area contributed by atoms with E-state index in [4.69, 9.17) is 14.5 Å². The van der Waals surface area contributed by atoms with Gasteiger partial charge in [0.15, 0.2) is 0 Å². The van der Waals surface area contributed by atoms with E-state index in [1.807, 2.05) is 11.3 Å². The van der Waals surface area contributed by atoms with Crippen molar-refractivity contribution in [2.75, 3.05) is 45.4 Å². The van der Waals surface area contributed by atoms with Crippen LogP contribution >= 0.6 is 59.3 Å². The summed E-state index contributed by atoms with van der Waals surface area (Å²) >= 11 is 1.82. The van der Waals surface area contributed by atoms with Gasteiger partial charge in [-0.25, -0.2) is 4.98 Å². The Labute approximate surface area is 228 Å². The first-order chi connectivity index (χ1) is 12.7. The quantitative estimate of drug-likeness (QED) is 0.202. The number of anilines is 1. The highest BCUT2D eigenvalue weighted by Crippen LogP contribution is 2.32. The summed E-state index contributed by atoms with van der Waals surface area (Å²) in [5.74, 6) is 0. The number of aryl methyl sites for hydroxylation is 2. The molecule has 4 nitrogen and oxygen atoms in total. The number of aromatic nitrogens is 1. The maximum atomic E-state index is 5.28. The van der Waals surface area contributed by atoms with Gasteiger partial charge in [-0.2, -0.15) is 0 Å². The molecule has 1 heterocycles. The number of methoxy groups -OCH3 is 2. The highest BCUT2D eigenvalue weighted by molar-refractivity contribution is 14.0. The minimum atomic E-state index is 0. The van der Waals surface area contributed by atoms with Gasteiger partial charge in [0, 0.05) is 45.1 Å². The van der Waals surface area contributed by atoms with Gasteiger partial charge < -0.3 is 38.4 Å². The van der Waals surface area contributed by atoms with Gasteiger partial charge in [0.1, 0.15) is 11.0 Å². The second-order valence-corrected chi connectivity index (χ2v) is 7.50. The van der Waals surface area contributed by atoms with Crippen LogP contribution in [0.3, 0.4) is 0 Å². The highest BCUT2D eigenvalue weighted by Gasteiger charge is 2.19. The van der Waals surface area contributed by atoms with E-state index in [0.717, 1.165) is 30.5 Å². The normalized spacial score (nSPS) is 10.2. The van der Waals surface area contributed by atoms with E-state index >= 15 is 0 Å². The number of rotatable bonds is 8. The third kappa shape index (κ3) is 7.19. The van der Waals surface area contributed by atoms with Crippen molar-refractivity contribution in [3.8, 4) is 0 Å². The zero-order valence-electron chi connectivity index (χ0n) is 17.2. The van der Waals surface area contributed by atoms with E-state index in [1.165, 1.54) is 26.2 Å². The Morgan fingerprint density at radius 2 is 1.62 bits per heavy atom. The molecule has 0 radical (unpaired) electrons. The molecule has 3 rings (SSSR count). The molecule has 3 aromatic rings. The molecule has 29 heavy (non-hydrogen) atoms. The van der Waals surface area contributed by atoms with Crippen molar-refractivity contribution >= 4 is 85.4 Å². The van der Waals surface area contributed by atoms with E-state index in [-0.39, 0.29) is 71.9 Å². The summed E-state index contributed by atoms with van der Waals surface area (Å²) in [6, 6.07) is 11.0. The summed E-state index contributed by atoms with van der Waals surface area (Å²) in [7, 11) is 3.48. The summed E-state index contributed by atoms with van der Waals surface area (Å²) in [5, 5.41) is 0. The lowest BCUT2D eigenvalue weighted by Crippen LogP contribution is -3.00. The largest absolute Gasteiger partial charge is 1.00 e. The fourth-order valence-electron chi connectivity index (χ4n) is 3.20. The number of hydrogen-bond acceptors (Lipinski definition) is 4. The number of ether oxygens (including phenoxy) is 2. The van der Waals surface area contributed by atoms with E-state index < -0.39 is 0 Å². The SMILES string of the molecule is CCc1cccc2[s+]c3cc(N(CCOC)CCOC)cc(C)c3nc12.I.I.[I-]. The van der Waals surface area contributed by atoms with Crippen molar-refractivity contribution in [2.24, 2.45) is 0 Å². The third-order valence-electron chi connectivity index (χ3n) is 4.65. The molecule has 8 heteroatoms. The number of fused-ring (bicyclic) bond motifs is 2. The van der Waals surface area contributed by atoms with Gasteiger partial charge in [0.25, 0.3) is 9.40 Å². The number of para-hydroxylation sites is 1. The summed E-state index contributed by atoms with van der Waals surface area (Å²) in [6.45, 7) is 7.41. The van der Waals surface area contributed by atoms with Gasteiger partial charge in [-0.1, -0.05) is 19.1 Å². The number of nitrogens with zero attached hydrogens (tertiary/aromatic N) is 2. The Kier molecular flexibility index (Phi) is 14.6. The summed E-state index contributed by atoms with van der Waals surface area (Å²) in [4.78, 5) is 7.33. The Morgan fingerprint density at radius 3 is 2.21 bits per heavy atom. The van der Waals surface area contributed by atoms with Crippen LogP contribution in [-0.2, 0) is 15.9 Å².